The number of hydrogen-bond donors (Lipinski definition) is 0. The van der Waals surface area contributed by atoms with Crippen molar-refractivity contribution in [2.24, 2.45) is 0 Å². The summed E-state index contributed by atoms with van der Waals surface area (Å²) in [7, 11) is 3.37. The standard InChI is InChI=1S/C22H24O5/c1-23-19-10-15-14-5-3-4-6-17(14)27-22(16(15)11-20(19)24-2)13-7-8-18-21(9-13)26-12-25-18/h7-11,14,17,22H,3-6,12H2,1-2H3/t14-,17-,22-/m1/s1. The SMILES string of the molecule is COc1cc2c(cc1OC)[C@H]1CCCC[C@H]1O[C@@H]2c1ccc2c(c1)OCO2. The highest BCUT2D eigenvalue weighted by Gasteiger charge is 2.39. The van der Waals surface area contributed by atoms with Crippen molar-refractivity contribution in [2.75, 3.05) is 21.0 Å². The molecule has 0 radical (unpaired) electrons. The van der Waals surface area contributed by atoms with Crippen LogP contribution in [0.4, 0.5) is 0 Å². The van der Waals surface area contributed by atoms with E-state index >= 15 is 0 Å². The summed E-state index contributed by atoms with van der Waals surface area (Å²) in [6.07, 6.45) is 4.80. The molecule has 27 heavy (non-hydrogen) atoms. The van der Waals surface area contributed by atoms with Gasteiger partial charge in [0.25, 0.3) is 0 Å². The van der Waals surface area contributed by atoms with Gasteiger partial charge in [-0.15, -0.1) is 0 Å². The van der Waals surface area contributed by atoms with Crippen molar-refractivity contribution in [3.63, 3.8) is 0 Å². The average Bonchev–Trinajstić information content (AvgIpc) is 3.20. The summed E-state index contributed by atoms with van der Waals surface area (Å²) < 4.78 is 28.8. The van der Waals surface area contributed by atoms with Gasteiger partial charge in [-0.3, -0.25) is 0 Å². The predicted octanol–water partition coefficient (Wildman–Crippen LogP) is 4.58. The zero-order valence-corrected chi connectivity index (χ0v) is 15.7. The number of rotatable bonds is 3. The number of benzene rings is 2. The minimum absolute atomic E-state index is 0.145. The van der Waals surface area contributed by atoms with Crippen LogP contribution in [0.1, 0.15) is 54.4 Å². The quantitative estimate of drug-likeness (QED) is 0.794. The van der Waals surface area contributed by atoms with Crippen molar-refractivity contribution in [1.29, 1.82) is 0 Å². The smallest absolute Gasteiger partial charge is 0.231 e. The van der Waals surface area contributed by atoms with Crippen molar-refractivity contribution < 1.29 is 23.7 Å². The van der Waals surface area contributed by atoms with E-state index in [4.69, 9.17) is 23.7 Å². The molecule has 1 fully saturated rings. The Balaban J connectivity index is 1.64. The molecule has 5 nitrogen and oxygen atoms in total. The lowest BCUT2D eigenvalue weighted by Gasteiger charge is -2.41. The van der Waals surface area contributed by atoms with Gasteiger partial charge in [-0.1, -0.05) is 18.9 Å². The zero-order valence-electron chi connectivity index (χ0n) is 15.7. The van der Waals surface area contributed by atoms with Gasteiger partial charge in [-0.2, -0.15) is 0 Å². The van der Waals surface area contributed by atoms with Crippen LogP contribution in [0.5, 0.6) is 23.0 Å². The van der Waals surface area contributed by atoms with Crippen LogP contribution in [0.2, 0.25) is 0 Å². The summed E-state index contributed by atoms with van der Waals surface area (Å²) in [5, 5.41) is 0. The van der Waals surface area contributed by atoms with Gasteiger partial charge in [0, 0.05) is 5.92 Å². The fourth-order valence-corrected chi connectivity index (χ4v) is 4.66. The maximum atomic E-state index is 6.64. The Hall–Kier alpha value is -2.40. The molecule has 1 aliphatic carbocycles. The normalized spacial score (nSPS) is 25.5. The van der Waals surface area contributed by atoms with E-state index in [1.165, 1.54) is 18.4 Å². The molecule has 2 aromatic rings. The molecule has 0 spiro atoms. The molecule has 0 saturated heterocycles. The fourth-order valence-electron chi connectivity index (χ4n) is 4.66. The molecule has 3 atom stereocenters. The molecule has 0 unspecified atom stereocenters. The molecule has 5 heteroatoms. The first-order valence-electron chi connectivity index (χ1n) is 9.59. The van der Waals surface area contributed by atoms with E-state index in [1.807, 2.05) is 12.1 Å². The Morgan fingerprint density at radius 3 is 2.41 bits per heavy atom. The van der Waals surface area contributed by atoms with Gasteiger partial charge in [-0.05, 0) is 53.8 Å². The molecule has 2 aliphatic heterocycles. The first-order chi connectivity index (χ1) is 13.3. The van der Waals surface area contributed by atoms with Crippen LogP contribution in [0.3, 0.4) is 0 Å². The number of ether oxygens (including phenoxy) is 5. The number of fused-ring (bicyclic) bond motifs is 4. The molecule has 0 bridgehead atoms. The second-order valence-electron chi connectivity index (χ2n) is 7.39. The topological polar surface area (TPSA) is 46.2 Å². The number of hydrogen-bond acceptors (Lipinski definition) is 5. The van der Waals surface area contributed by atoms with Gasteiger partial charge in [0.05, 0.1) is 20.3 Å². The van der Waals surface area contributed by atoms with Gasteiger partial charge < -0.3 is 23.7 Å². The highest BCUT2D eigenvalue weighted by atomic mass is 16.7. The van der Waals surface area contributed by atoms with Gasteiger partial charge in [-0.25, -0.2) is 0 Å². The van der Waals surface area contributed by atoms with Crippen molar-refractivity contribution in [1.82, 2.24) is 0 Å². The molecule has 0 N–H and O–H groups in total. The second-order valence-corrected chi connectivity index (χ2v) is 7.39. The molecule has 2 aromatic carbocycles. The van der Waals surface area contributed by atoms with Crippen molar-refractivity contribution in [3.05, 3.63) is 47.0 Å². The zero-order chi connectivity index (χ0) is 18.4. The van der Waals surface area contributed by atoms with E-state index in [9.17, 15) is 0 Å². The summed E-state index contributed by atoms with van der Waals surface area (Å²) in [5.41, 5.74) is 3.57. The highest BCUT2D eigenvalue weighted by molar-refractivity contribution is 5.54. The first kappa shape index (κ1) is 16.8. The van der Waals surface area contributed by atoms with E-state index in [-0.39, 0.29) is 19.0 Å². The van der Waals surface area contributed by atoms with Gasteiger partial charge >= 0.3 is 0 Å². The van der Waals surface area contributed by atoms with Crippen LogP contribution in [0.15, 0.2) is 30.3 Å². The van der Waals surface area contributed by atoms with Gasteiger partial charge in [0.15, 0.2) is 23.0 Å². The van der Waals surface area contributed by atoms with Gasteiger partial charge in [0.1, 0.15) is 6.10 Å². The summed E-state index contributed by atoms with van der Waals surface area (Å²) in [4.78, 5) is 0. The first-order valence-corrected chi connectivity index (χ1v) is 9.59. The van der Waals surface area contributed by atoms with Crippen LogP contribution < -0.4 is 18.9 Å². The Kier molecular flexibility index (Phi) is 4.12. The molecule has 2 heterocycles. The summed E-state index contributed by atoms with van der Waals surface area (Å²) in [6, 6.07) is 10.3. The van der Waals surface area contributed by atoms with E-state index in [2.05, 4.69) is 18.2 Å². The Labute approximate surface area is 159 Å². The van der Waals surface area contributed by atoms with Crippen LogP contribution in [-0.4, -0.2) is 27.1 Å². The maximum absolute atomic E-state index is 6.64. The molecule has 1 saturated carbocycles. The van der Waals surface area contributed by atoms with Crippen LogP contribution >= 0.6 is 0 Å². The summed E-state index contributed by atoms with van der Waals surface area (Å²) in [6.45, 7) is 0.274. The van der Waals surface area contributed by atoms with E-state index in [1.54, 1.807) is 14.2 Å². The predicted molar refractivity (Wildman–Crippen MR) is 100 cm³/mol. The maximum Gasteiger partial charge on any atom is 0.231 e. The number of methoxy groups -OCH3 is 2. The lowest BCUT2D eigenvalue weighted by molar-refractivity contribution is -0.0391. The second kappa shape index (κ2) is 6.64. The third-order valence-electron chi connectivity index (χ3n) is 5.98. The monoisotopic (exact) mass is 368 g/mol. The van der Waals surface area contributed by atoms with Crippen LogP contribution in [-0.2, 0) is 4.74 Å². The van der Waals surface area contributed by atoms with E-state index in [0.29, 0.717) is 5.92 Å². The largest absolute Gasteiger partial charge is 0.493 e. The van der Waals surface area contributed by atoms with Gasteiger partial charge in [0.2, 0.25) is 6.79 Å². The Morgan fingerprint density at radius 2 is 1.59 bits per heavy atom. The fraction of sp³-hybridized carbons (Fsp3) is 0.455. The molecular weight excluding hydrogens is 344 g/mol. The molecule has 142 valence electrons. The van der Waals surface area contributed by atoms with Crippen LogP contribution in [0.25, 0.3) is 0 Å². The lowest BCUT2D eigenvalue weighted by Crippen LogP contribution is -2.33. The molecule has 3 aliphatic rings. The third-order valence-corrected chi connectivity index (χ3v) is 5.98. The summed E-state index contributed by atoms with van der Waals surface area (Å²) in [5.74, 6) is 3.51. The van der Waals surface area contributed by atoms with Crippen molar-refractivity contribution >= 4 is 0 Å². The Bertz CT molecular complexity index is 862. The third kappa shape index (κ3) is 2.72. The Morgan fingerprint density at radius 1 is 0.852 bits per heavy atom. The molecule has 0 amide bonds. The van der Waals surface area contributed by atoms with Crippen molar-refractivity contribution in [3.8, 4) is 23.0 Å². The van der Waals surface area contributed by atoms with E-state index in [0.717, 1.165) is 47.0 Å². The molecule has 5 rings (SSSR count). The van der Waals surface area contributed by atoms with Crippen molar-refractivity contribution in [2.45, 2.75) is 43.8 Å². The minimum Gasteiger partial charge on any atom is -0.493 e. The highest BCUT2D eigenvalue weighted by Crippen LogP contribution is 2.50. The molecule has 0 aromatic heterocycles. The lowest BCUT2D eigenvalue weighted by atomic mass is 9.76. The van der Waals surface area contributed by atoms with E-state index < -0.39 is 0 Å². The average molecular weight is 368 g/mol. The van der Waals surface area contributed by atoms with Crippen LogP contribution in [0, 0.1) is 0 Å². The minimum atomic E-state index is -0.145. The summed E-state index contributed by atoms with van der Waals surface area (Å²) >= 11 is 0. The molecular formula is C22H24O5.